The second-order valence-corrected chi connectivity index (χ2v) is 4.11. The summed E-state index contributed by atoms with van der Waals surface area (Å²) in [5.74, 6) is 1.25. The third-order valence-corrected chi connectivity index (χ3v) is 2.42. The molecule has 0 radical (unpaired) electrons. The molecule has 0 aliphatic rings. The monoisotopic (exact) mass is 249 g/mol. The van der Waals surface area contributed by atoms with Crippen LogP contribution in [0.2, 0.25) is 0 Å². The first kappa shape index (κ1) is 14.1. The summed E-state index contributed by atoms with van der Waals surface area (Å²) in [5, 5.41) is 3.10. The van der Waals surface area contributed by atoms with Crippen molar-refractivity contribution in [2.75, 3.05) is 14.2 Å². The van der Waals surface area contributed by atoms with Gasteiger partial charge in [-0.15, -0.1) is 0 Å². The quantitative estimate of drug-likeness (QED) is 0.620. The number of methoxy groups -OCH3 is 2. The minimum Gasteiger partial charge on any atom is -0.493 e. The number of hydrogen-bond donors (Lipinski definition) is 1. The standard InChI is InChI=1S/C14H19NO3/c1-10(2)15-8-12(9-16)11-5-6-13(17-3)14(7-11)18-4/h5-10,15H,1-4H3/b12-8+. The van der Waals surface area contributed by atoms with Gasteiger partial charge in [0, 0.05) is 17.8 Å². The molecular formula is C14H19NO3. The molecule has 1 rings (SSSR count). The number of aldehydes is 1. The third-order valence-electron chi connectivity index (χ3n) is 2.42. The Morgan fingerprint density at radius 3 is 2.39 bits per heavy atom. The number of carbonyl (C=O) groups is 1. The van der Waals surface area contributed by atoms with Gasteiger partial charge < -0.3 is 14.8 Å². The Morgan fingerprint density at radius 1 is 1.22 bits per heavy atom. The van der Waals surface area contributed by atoms with Gasteiger partial charge in [0.25, 0.3) is 0 Å². The molecule has 0 spiro atoms. The average molecular weight is 249 g/mol. The second kappa shape index (κ2) is 6.69. The molecule has 0 aromatic heterocycles. The number of ether oxygens (including phenoxy) is 2. The number of allylic oxidation sites excluding steroid dienone is 1. The SMILES string of the molecule is COc1ccc(/C(C=O)=C/NC(C)C)cc1OC. The smallest absolute Gasteiger partial charge is 0.161 e. The Balaban J connectivity index is 3.07. The van der Waals surface area contributed by atoms with Crippen molar-refractivity contribution >= 4 is 11.9 Å². The van der Waals surface area contributed by atoms with Crippen molar-refractivity contribution < 1.29 is 14.3 Å². The summed E-state index contributed by atoms with van der Waals surface area (Å²) >= 11 is 0. The van der Waals surface area contributed by atoms with Gasteiger partial charge in [-0.25, -0.2) is 0 Å². The summed E-state index contributed by atoms with van der Waals surface area (Å²) in [5.41, 5.74) is 1.36. The minimum atomic E-state index is 0.278. The van der Waals surface area contributed by atoms with Crippen LogP contribution in [0.3, 0.4) is 0 Å². The van der Waals surface area contributed by atoms with Gasteiger partial charge in [-0.2, -0.15) is 0 Å². The van der Waals surface area contributed by atoms with E-state index in [9.17, 15) is 4.79 Å². The van der Waals surface area contributed by atoms with Crippen LogP contribution in [0.5, 0.6) is 11.5 Å². The molecule has 0 heterocycles. The van der Waals surface area contributed by atoms with E-state index in [1.54, 1.807) is 32.6 Å². The van der Waals surface area contributed by atoms with Crippen molar-refractivity contribution in [3.63, 3.8) is 0 Å². The summed E-state index contributed by atoms with van der Waals surface area (Å²) in [7, 11) is 3.15. The summed E-state index contributed by atoms with van der Waals surface area (Å²) in [4.78, 5) is 11.1. The lowest BCUT2D eigenvalue weighted by Crippen LogP contribution is -2.16. The van der Waals surface area contributed by atoms with Gasteiger partial charge in [0.1, 0.15) is 0 Å². The zero-order valence-electron chi connectivity index (χ0n) is 11.2. The Bertz CT molecular complexity index is 439. The topological polar surface area (TPSA) is 47.6 Å². The van der Waals surface area contributed by atoms with E-state index in [2.05, 4.69) is 5.32 Å². The van der Waals surface area contributed by atoms with Crippen LogP contribution in [0.1, 0.15) is 19.4 Å². The van der Waals surface area contributed by atoms with E-state index in [0.29, 0.717) is 17.1 Å². The molecule has 1 aromatic rings. The van der Waals surface area contributed by atoms with Crippen molar-refractivity contribution in [2.24, 2.45) is 0 Å². The first-order valence-electron chi connectivity index (χ1n) is 5.76. The molecule has 0 atom stereocenters. The highest BCUT2D eigenvalue weighted by molar-refractivity contribution is 6.06. The van der Waals surface area contributed by atoms with Crippen LogP contribution in [0.25, 0.3) is 5.57 Å². The van der Waals surface area contributed by atoms with Gasteiger partial charge in [-0.05, 0) is 31.5 Å². The Morgan fingerprint density at radius 2 is 1.89 bits per heavy atom. The van der Waals surface area contributed by atoms with Crippen LogP contribution in [0, 0.1) is 0 Å². The molecule has 0 aliphatic heterocycles. The molecular weight excluding hydrogens is 230 g/mol. The van der Waals surface area contributed by atoms with Crippen LogP contribution in [0.15, 0.2) is 24.4 Å². The number of rotatable bonds is 6. The number of carbonyl (C=O) groups excluding carboxylic acids is 1. The molecule has 98 valence electrons. The third kappa shape index (κ3) is 3.52. The molecule has 0 unspecified atom stereocenters. The van der Waals surface area contributed by atoms with E-state index in [1.807, 2.05) is 19.9 Å². The number of hydrogen-bond acceptors (Lipinski definition) is 4. The highest BCUT2D eigenvalue weighted by atomic mass is 16.5. The molecule has 0 bridgehead atoms. The van der Waals surface area contributed by atoms with E-state index in [0.717, 1.165) is 11.8 Å². The van der Waals surface area contributed by atoms with E-state index in [4.69, 9.17) is 9.47 Å². The lowest BCUT2D eigenvalue weighted by molar-refractivity contribution is -0.103. The van der Waals surface area contributed by atoms with E-state index in [-0.39, 0.29) is 6.04 Å². The number of nitrogens with one attached hydrogen (secondary N) is 1. The summed E-state index contributed by atoms with van der Waals surface area (Å²) in [6.07, 6.45) is 2.52. The van der Waals surface area contributed by atoms with Gasteiger partial charge in [-0.1, -0.05) is 6.07 Å². The molecule has 0 amide bonds. The maximum atomic E-state index is 11.1. The molecule has 1 N–H and O–H groups in total. The predicted molar refractivity (Wildman–Crippen MR) is 71.9 cm³/mol. The van der Waals surface area contributed by atoms with E-state index >= 15 is 0 Å². The number of benzene rings is 1. The summed E-state index contributed by atoms with van der Waals surface area (Å²) in [6.45, 7) is 4.01. The second-order valence-electron chi connectivity index (χ2n) is 4.11. The highest BCUT2D eigenvalue weighted by Gasteiger charge is 2.07. The van der Waals surface area contributed by atoms with Gasteiger partial charge >= 0.3 is 0 Å². The molecule has 0 saturated heterocycles. The normalized spacial score (nSPS) is 11.3. The summed E-state index contributed by atoms with van der Waals surface area (Å²) in [6, 6.07) is 5.66. The van der Waals surface area contributed by atoms with Gasteiger partial charge in [0.15, 0.2) is 17.8 Å². The van der Waals surface area contributed by atoms with Crippen LogP contribution >= 0.6 is 0 Å². The van der Waals surface area contributed by atoms with Crippen molar-refractivity contribution in [3.05, 3.63) is 30.0 Å². The van der Waals surface area contributed by atoms with Crippen molar-refractivity contribution in [2.45, 2.75) is 19.9 Å². The molecule has 0 fully saturated rings. The fraction of sp³-hybridized carbons (Fsp3) is 0.357. The fourth-order valence-corrected chi connectivity index (χ4v) is 1.46. The lowest BCUT2D eigenvalue weighted by Gasteiger charge is -2.10. The lowest BCUT2D eigenvalue weighted by atomic mass is 10.1. The first-order valence-corrected chi connectivity index (χ1v) is 5.76. The molecule has 18 heavy (non-hydrogen) atoms. The first-order chi connectivity index (χ1) is 8.62. The minimum absolute atomic E-state index is 0.278. The molecule has 4 nitrogen and oxygen atoms in total. The largest absolute Gasteiger partial charge is 0.493 e. The molecule has 4 heteroatoms. The summed E-state index contributed by atoms with van der Waals surface area (Å²) < 4.78 is 10.4. The zero-order chi connectivity index (χ0) is 13.5. The zero-order valence-corrected chi connectivity index (χ0v) is 11.2. The average Bonchev–Trinajstić information content (AvgIpc) is 2.38. The van der Waals surface area contributed by atoms with Gasteiger partial charge in [0.05, 0.1) is 14.2 Å². The van der Waals surface area contributed by atoms with Crippen LogP contribution < -0.4 is 14.8 Å². The Hall–Kier alpha value is -1.97. The van der Waals surface area contributed by atoms with E-state index in [1.165, 1.54) is 0 Å². The van der Waals surface area contributed by atoms with E-state index < -0.39 is 0 Å². The van der Waals surface area contributed by atoms with Crippen LogP contribution in [0.4, 0.5) is 0 Å². The van der Waals surface area contributed by atoms with Crippen molar-refractivity contribution in [3.8, 4) is 11.5 Å². The van der Waals surface area contributed by atoms with Gasteiger partial charge in [-0.3, -0.25) is 4.79 Å². The molecule has 1 aromatic carbocycles. The Kier molecular flexibility index (Phi) is 5.24. The van der Waals surface area contributed by atoms with Crippen molar-refractivity contribution in [1.82, 2.24) is 5.32 Å². The highest BCUT2D eigenvalue weighted by Crippen LogP contribution is 2.29. The Labute approximate surface area is 108 Å². The molecule has 0 aliphatic carbocycles. The molecule has 0 saturated carbocycles. The maximum absolute atomic E-state index is 11.1. The van der Waals surface area contributed by atoms with Crippen molar-refractivity contribution in [1.29, 1.82) is 0 Å². The van der Waals surface area contributed by atoms with Crippen LogP contribution in [-0.2, 0) is 4.79 Å². The van der Waals surface area contributed by atoms with Gasteiger partial charge in [0.2, 0.25) is 0 Å². The fourth-order valence-electron chi connectivity index (χ4n) is 1.46. The predicted octanol–water partition coefficient (Wildman–Crippen LogP) is 2.24. The van der Waals surface area contributed by atoms with Crippen LogP contribution in [-0.4, -0.2) is 26.5 Å². The maximum Gasteiger partial charge on any atom is 0.161 e.